The lowest BCUT2D eigenvalue weighted by molar-refractivity contribution is -0.142. The van der Waals surface area contributed by atoms with Gasteiger partial charge in [0.1, 0.15) is 6.10 Å². The van der Waals surface area contributed by atoms with E-state index in [4.69, 9.17) is 4.74 Å². The predicted octanol–water partition coefficient (Wildman–Crippen LogP) is 2.80. The van der Waals surface area contributed by atoms with Crippen LogP contribution in [-0.4, -0.2) is 54.0 Å². The van der Waals surface area contributed by atoms with Gasteiger partial charge in [0.2, 0.25) is 5.91 Å². The molecule has 2 aliphatic rings. The van der Waals surface area contributed by atoms with Crippen molar-refractivity contribution in [2.24, 2.45) is 5.92 Å². The summed E-state index contributed by atoms with van der Waals surface area (Å²) in [6.07, 6.45) is 13.9. The average Bonchev–Trinajstić information content (AvgIpc) is 3.28. The smallest absolute Gasteiger partial charge is 0.251 e. The van der Waals surface area contributed by atoms with Crippen LogP contribution in [0.5, 0.6) is 0 Å². The lowest BCUT2D eigenvalue weighted by Gasteiger charge is -2.33. The number of carbonyl (C=O) groups excluding carboxylic acids is 2. The third kappa shape index (κ3) is 6.44. The van der Waals surface area contributed by atoms with Crippen molar-refractivity contribution in [3.8, 4) is 0 Å². The van der Waals surface area contributed by atoms with Gasteiger partial charge in [0.15, 0.2) is 0 Å². The van der Waals surface area contributed by atoms with Crippen LogP contribution in [0.25, 0.3) is 6.08 Å². The van der Waals surface area contributed by atoms with Gasteiger partial charge in [-0.3, -0.25) is 14.6 Å². The first-order valence-electron chi connectivity index (χ1n) is 10.5. The lowest BCUT2D eigenvalue weighted by atomic mass is 9.91. The summed E-state index contributed by atoms with van der Waals surface area (Å²) in [7, 11) is 0. The van der Waals surface area contributed by atoms with Crippen LogP contribution < -0.4 is 5.32 Å². The molecule has 0 aromatic carbocycles. The standard InChI is InChI=1S/C22H31N3O3/c26-21(9-8-19-6-3-12-23-17-19)24-13-2-1-5-18-10-14-25(15-11-18)22(27)20-7-4-16-28-20/h3,6,8-9,12,17-18,20H,1-2,4-5,7,10-11,13-16H2,(H,24,26)/b9-8+. The van der Waals surface area contributed by atoms with Gasteiger partial charge in [-0.25, -0.2) is 0 Å². The van der Waals surface area contributed by atoms with E-state index >= 15 is 0 Å². The predicted molar refractivity (Wildman–Crippen MR) is 108 cm³/mol. The maximum absolute atomic E-state index is 12.4. The second-order valence-electron chi connectivity index (χ2n) is 7.68. The molecule has 3 heterocycles. The van der Waals surface area contributed by atoms with Crippen molar-refractivity contribution in [1.29, 1.82) is 0 Å². The number of aromatic nitrogens is 1. The molecule has 1 aromatic rings. The Morgan fingerprint density at radius 2 is 2.11 bits per heavy atom. The number of piperidine rings is 1. The first-order valence-corrected chi connectivity index (χ1v) is 10.5. The molecule has 152 valence electrons. The molecule has 0 radical (unpaired) electrons. The SMILES string of the molecule is O=C(/C=C/c1cccnc1)NCCCCC1CCN(C(=O)C2CCCO2)CC1. The van der Waals surface area contributed by atoms with Crippen molar-refractivity contribution in [2.75, 3.05) is 26.2 Å². The lowest BCUT2D eigenvalue weighted by Crippen LogP contribution is -2.43. The van der Waals surface area contributed by atoms with Crippen molar-refractivity contribution >= 4 is 17.9 Å². The normalized spacial score (nSPS) is 20.6. The van der Waals surface area contributed by atoms with Crippen molar-refractivity contribution in [1.82, 2.24) is 15.2 Å². The third-order valence-corrected chi connectivity index (χ3v) is 5.58. The molecule has 1 unspecified atom stereocenters. The molecule has 1 N–H and O–H groups in total. The summed E-state index contributed by atoms with van der Waals surface area (Å²) >= 11 is 0. The number of nitrogens with zero attached hydrogens (tertiary/aromatic N) is 2. The Kier molecular flexibility index (Phi) is 8.03. The van der Waals surface area contributed by atoms with Gasteiger partial charge in [-0.1, -0.05) is 18.9 Å². The minimum atomic E-state index is -0.188. The minimum absolute atomic E-state index is 0.0650. The number of carbonyl (C=O) groups is 2. The van der Waals surface area contributed by atoms with Crippen LogP contribution >= 0.6 is 0 Å². The molecule has 1 atom stereocenters. The Bertz CT molecular complexity index is 648. The van der Waals surface area contributed by atoms with Crippen molar-refractivity contribution in [3.05, 3.63) is 36.2 Å². The second-order valence-corrected chi connectivity index (χ2v) is 7.68. The average molecular weight is 386 g/mol. The maximum atomic E-state index is 12.4. The van der Waals surface area contributed by atoms with Crippen LogP contribution in [0.1, 0.15) is 50.5 Å². The summed E-state index contributed by atoms with van der Waals surface area (Å²) in [6, 6.07) is 3.76. The Morgan fingerprint density at radius 3 is 2.82 bits per heavy atom. The molecule has 0 aliphatic carbocycles. The quantitative estimate of drug-likeness (QED) is 0.552. The minimum Gasteiger partial charge on any atom is -0.368 e. The van der Waals surface area contributed by atoms with Gasteiger partial charge < -0.3 is 15.0 Å². The number of hydrogen-bond donors (Lipinski definition) is 1. The van der Waals surface area contributed by atoms with E-state index in [0.29, 0.717) is 12.5 Å². The number of likely N-dealkylation sites (tertiary alicyclic amines) is 1. The molecule has 28 heavy (non-hydrogen) atoms. The van der Waals surface area contributed by atoms with E-state index in [-0.39, 0.29) is 17.9 Å². The van der Waals surface area contributed by atoms with Gasteiger partial charge >= 0.3 is 0 Å². The van der Waals surface area contributed by atoms with Crippen LogP contribution in [0.3, 0.4) is 0 Å². The Morgan fingerprint density at radius 1 is 1.25 bits per heavy atom. The first kappa shape index (κ1) is 20.5. The van der Waals surface area contributed by atoms with E-state index < -0.39 is 0 Å². The van der Waals surface area contributed by atoms with Crippen LogP contribution in [-0.2, 0) is 14.3 Å². The molecule has 0 bridgehead atoms. The number of nitrogens with one attached hydrogen (secondary N) is 1. The van der Waals surface area contributed by atoms with Gasteiger partial charge in [0, 0.05) is 44.7 Å². The van der Waals surface area contributed by atoms with E-state index in [9.17, 15) is 9.59 Å². The summed E-state index contributed by atoms with van der Waals surface area (Å²) < 4.78 is 5.51. The highest BCUT2D eigenvalue weighted by Gasteiger charge is 2.30. The third-order valence-electron chi connectivity index (χ3n) is 5.58. The molecule has 2 saturated heterocycles. The highest BCUT2D eigenvalue weighted by atomic mass is 16.5. The van der Waals surface area contributed by atoms with Crippen LogP contribution in [0.4, 0.5) is 0 Å². The highest BCUT2D eigenvalue weighted by Crippen LogP contribution is 2.24. The molecule has 6 nitrogen and oxygen atoms in total. The van der Waals surface area contributed by atoms with Gasteiger partial charge in [-0.05, 0) is 55.7 Å². The van der Waals surface area contributed by atoms with Crippen molar-refractivity contribution < 1.29 is 14.3 Å². The molecular formula is C22H31N3O3. The molecular weight excluding hydrogens is 354 g/mol. The monoisotopic (exact) mass is 385 g/mol. The molecule has 3 rings (SSSR count). The van der Waals surface area contributed by atoms with E-state index in [1.807, 2.05) is 17.0 Å². The topological polar surface area (TPSA) is 71.5 Å². The fourth-order valence-corrected chi connectivity index (χ4v) is 3.89. The summed E-state index contributed by atoms with van der Waals surface area (Å²) in [4.78, 5) is 30.2. The van der Waals surface area contributed by atoms with Crippen molar-refractivity contribution in [2.45, 2.75) is 51.0 Å². The molecule has 2 fully saturated rings. The number of amides is 2. The molecule has 2 amide bonds. The maximum Gasteiger partial charge on any atom is 0.251 e. The molecule has 0 saturated carbocycles. The Labute approximate surface area is 167 Å². The van der Waals surface area contributed by atoms with E-state index in [2.05, 4.69) is 10.3 Å². The van der Waals surface area contributed by atoms with Crippen LogP contribution in [0.2, 0.25) is 0 Å². The molecule has 2 aliphatic heterocycles. The second kappa shape index (κ2) is 11.0. The highest BCUT2D eigenvalue weighted by molar-refractivity contribution is 5.91. The van der Waals surface area contributed by atoms with Crippen LogP contribution in [0, 0.1) is 5.92 Å². The van der Waals surface area contributed by atoms with E-state index in [1.165, 1.54) is 6.42 Å². The molecule has 0 spiro atoms. The fourth-order valence-electron chi connectivity index (χ4n) is 3.89. The largest absolute Gasteiger partial charge is 0.368 e. The Hall–Kier alpha value is -2.21. The number of ether oxygens (including phenoxy) is 1. The zero-order chi connectivity index (χ0) is 19.6. The fraction of sp³-hybridized carbons (Fsp3) is 0.591. The number of rotatable bonds is 8. The van der Waals surface area contributed by atoms with E-state index in [0.717, 1.165) is 63.8 Å². The van der Waals surface area contributed by atoms with Crippen LogP contribution in [0.15, 0.2) is 30.6 Å². The number of unbranched alkanes of at least 4 members (excludes halogenated alkanes) is 1. The van der Waals surface area contributed by atoms with Gasteiger partial charge in [0.25, 0.3) is 5.91 Å². The summed E-state index contributed by atoms with van der Waals surface area (Å²) in [5.74, 6) is 0.817. The number of hydrogen-bond acceptors (Lipinski definition) is 4. The molecule has 6 heteroatoms. The zero-order valence-electron chi connectivity index (χ0n) is 16.5. The summed E-state index contributed by atoms with van der Waals surface area (Å²) in [6.45, 7) is 3.15. The van der Waals surface area contributed by atoms with Gasteiger partial charge in [0.05, 0.1) is 0 Å². The number of pyridine rings is 1. The summed E-state index contributed by atoms with van der Waals surface area (Å²) in [5, 5.41) is 2.93. The first-order chi connectivity index (χ1) is 13.7. The zero-order valence-corrected chi connectivity index (χ0v) is 16.5. The molecule has 1 aromatic heterocycles. The van der Waals surface area contributed by atoms with Crippen molar-refractivity contribution in [3.63, 3.8) is 0 Å². The van der Waals surface area contributed by atoms with Gasteiger partial charge in [-0.15, -0.1) is 0 Å². The van der Waals surface area contributed by atoms with Gasteiger partial charge in [-0.2, -0.15) is 0 Å². The Balaban J connectivity index is 1.24. The summed E-state index contributed by atoms with van der Waals surface area (Å²) in [5.41, 5.74) is 0.918. The van der Waals surface area contributed by atoms with E-state index in [1.54, 1.807) is 24.5 Å².